The van der Waals surface area contributed by atoms with Crippen molar-refractivity contribution in [3.8, 4) is 22.6 Å². The molecule has 6 heteroatoms. The number of cyclic esters (lactones) is 1. The van der Waals surface area contributed by atoms with Crippen LogP contribution in [0.1, 0.15) is 57.6 Å². The minimum Gasteiger partial charge on any atom is -0.490 e. The Kier molecular flexibility index (Phi) is 7.91. The molecule has 2 aromatic carbocycles. The molecule has 1 heterocycles. The molecule has 1 aliphatic heterocycles. The zero-order chi connectivity index (χ0) is 23.3. The lowest BCUT2D eigenvalue weighted by molar-refractivity contribution is -0.156. The van der Waals surface area contributed by atoms with Crippen LogP contribution in [0.3, 0.4) is 0 Å². The van der Waals surface area contributed by atoms with E-state index < -0.39 is 18.2 Å². The first-order valence-electron chi connectivity index (χ1n) is 11.1. The van der Waals surface area contributed by atoms with Crippen molar-refractivity contribution in [3.63, 3.8) is 0 Å². The van der Waals surface area contributed by atoms with E-state index in [2.05, 4.69) is 13.8 Å². The van der Waals surface area contributed by atoms with Crippen molar-refractivity contribution in [1.82, 2.24) is 0 Å². The van der Waals surface area contributed by atoms with Gasteiger partial charge < -0.3 is 19.3 Å². The van der Waals surface area contributed by atoms with Crippen LogP contribution in [0, 0.1) is 5.82 Å². The van der Waals surface area contributed by atoms with Gasteiger partial charge in [0.25, 0.3) is 0 Å². The smallest absolute Gasteiger partial charge is 0.309 e. The lowest BCUT2D eigenvalue weighted by Crippen LogP contribution is -2.31. The van der Waals surface area contributed by atoms with E-state index in [1.807, 2.05) is 26.0 Å². The summed E-state index contributed by atoms with van der Waals surface area (Å²) in [5.41, 5.74) is 3.49. The monoisotopic (exact) mass is 442 g/mol. The summed E-state index contributed by atoms with van der Waals surface area (Å²) in [6.07, 6.45) is 2.83. The Morgan fingerprint density at radius 3 is 2.47 bits per heavy atom. The number of hydrogen-bond donors (Lipinski definition) is 1. The first-order valence-corrected chi connectivity index (χ1v) is 11.1. The number of carbonyl (C=O) groups is 1. The molecule has 0 radical (unpaired) electrons. The van der Waals surface area contributed by atoms with E-state index in [1.54, 1.807) is 18.2 Å². The van der Waals surface area contributed by atoms with E-state index in [4.69, 9.17) is 14.2 Å². The Balaban J connectivity index is 2.22. The van der Waals surface area contributed by atoms with E-state index in [1.165, 1.54) is 12.1 Å². The summed E-state index contributed by atoms with van der Waals surface area (Å²) >= 11 is 0. The Morgan fingerprint density at radius 1 is 1.19 bits per heavy atom. The van der Waals surface area contributed by atoms with Gasteiger partial charge in [-0.2, -0.15) is 0 Å². The second-order valence-corrected chi connectivity index (χ2v) is 8.09. The van der Waals surface area contributed by atoms with Gasteiger partial charge in [-0.25, -0.2) is 4.39 Å². The van der Waals surface area contributed by atoms with Crippen LogP contribution < -0.4 is 9.47 Å². The third-order valence-corrected chi connectivity index (χ3v) is 5.33. The number of ether oxygens (including phenoxy) is 3. The summed E-state index contributed by atoms with van der Waals surface area (Å²) in [6, 6.07) is 8.25. The van der Waals surface area contributed by atoms with Crippen LogP contribution in [0.15, 0.2) is 36.4 Å². The molecule has 0 aliphatic carbocycles. The van der Waals surface area contributed by atoms with Gasteiger partial charge in [0.1, 0.15) is 11.9 Å². The first-order chi connectivity index (χ1) is 15.3. The molecule has 1 aliphatic rings. The van der Waals surface area contributed by atoms with Gasteiger partial charge >= 0.3 is 5.97 Å². The van der Waals surface area contributed by atoms with Crippen molar-refractivity contribution in [2.24, 2.45) is 0 Å². The Labute approximate surface area is 188 Å². The van der Waals surface area contributed by atoms with Crippen molar-refractivity contribution in [2.45, 2.75) is 58.7 Å². The highest BCUT2D eigenvalue weighted by molar-refractivity contribution is 5.85. The lowest BCUT2D eigenvalue weighted by Gasteiger charge is -2.25. The highest BCUT2D eigenvalue weighted by Gasteiger charge is 2.26. The standard InChI is InChI=1S/C26H31FO5/c1-5-30-23-15-22(16(3)4)21(12-11-20-13-19(28)14-24(29)32-20)25(26(23)31-6-2)17-7-9-18(27)10-8-17/h7-12,15-16,19-20,28H,5-6,13-14H2,1-4H3. The van der Waals surface area contributed by atoms with Gasteiger partial charge in [-0.1, -0.05) is 32.1 Å². The molecule has 5 nitrogen and oxygen atoms in total. The van der Waals surface area contributed by atoms with Gasteiger partial charge in [0, 0.05) is 12.0 Å². The van der Waals surface area contributed by atoms with Crippen molar-refractivity contribution in [2.75, 3.05) is 13.2 Å². The van der Waals surface area contributed by atoms with E-state index >= 15 is 0 Å². The third kappa shape index (κ3) is 5.49. The molecule has 3 rings (SSSR count). The SMILES string of the molecule is CCOc1cc(C(C)C)c(C=CC2CC(O)CC(=O)O2)c(-c2ccc(F)cc2)c1OCC. The number of benzene rings is 2. The second kappa shape index (κ2) is 10.6. The summed E-state index contributed by atoms with van der Waals surface area (Å²) in [7, 11) is 0. The van der Waals surface area contributed by atoms with E-state index in [0.29, 0.717) is 31.1 Å². The normalized spacial score (nSPS) is 18.8. The number of halogens is 1. The molecule has 0 amide bonds. The predicted molar refractivity (Wildman–Crippen MR) is 122 cm³/mol. The molecular weight excluding hydrogens is 411 g/mol. The zero-order valence-electron chi connectivity index (χ0n) is 19.1. The van der Waals surface area contributed by atoms with Crippen LogP contribution in [-0.2, 0) is 9.53 Å². The summed E-state index contributed by atoms with van der Waals surface area (Å²) in [5, 5.41) is 9.95. The molecule has 1 fully saturated rings. The highest BCUT2D eigenvalue weighted by atomic mass is 19.1. The van der Waals surface area contributed by atoms with Gasteiger partial charge in [0.05, 0.1) is 25.7 Å². The fourth-order valence-corrected chi connectivity index (χ4v) is 3.92. The Hall–Kier alpha value is -2.86. The number of aliphatic hydroxyl groups is 1. The van der Waals surface area contributed by atoms with Crippen LogP contribution in [0.4, 0.5) is 4.39 Å². The van der Waals surface area contributed by atoms with Crippen LogP contribution in [-0.4, -0.2) is 36.5 Å². The third-order valence-electron chi connectivity index (χ3n) is 5.33. The van der Waals surface area contributed by atoms with Gasteiger partial charge in [-0.05, 0) is 60.7 Å². The summed E-state index contributed by atoms with van der Waals surface area (Å²) in [6.45, 7) is 8.90. The molecule has 0 saturated carbocycles. The van der Waals surface area contributed by atoms with Crippen molar-refractivity contribution in [3.05, 3.63) is 53.4 Å². The molecule has 0 aromatic heterocycles. The maximum absolute atomic E-state index is 13.7. The van der Waals surface area contributed by atoms with Crippen LogP contribution >= 0.6 is 0 Å². The van der Waals surface area contributed by atoms with E-state index in [9.17, 15) is 14.3 Å². The van der Waals surface area contributed by atoms with Gasteiger partial charge in [-0.3, -0.25) is 4.79 Å². The molecule has 32 heavy (non-hydrogen) atoms. The number of hydrogen-bond acceptors (Lipinski definition) is 5. The quantitative estimate of drug-likeness (QED) is 0.548. The molecule has 2 unspecified atom stereocenters. The number of carbonyl (C=O) groups excluding carboxylic acids is 1. The predicted octanol–water partition coefficient (Wildman–Crippen LogP) is 5.49. The number of esters is 1. The second-order valence-electron chi connectivity index (χ2n) is 8.09. The molecule has 2 atom stereocenters. The average molecular weight is 443 g/mol. The summed E-state index contributed by atoms with van der Waals surface area (Å²) in [4.78, 5) is 11.8. The summed E-state index contributed by atoms with van der Waals surface area (Å²) < 4.78 is 31.0. The lowest BCUT2D eigenvalue weighted by atomic mass is 9.88. The fraction of sp³-hybridized carbons (Fsp3) is 0.423. The molecular formula is C26H31FO5. The van der Waals surface area contributed by atoms with Gasteiger partial charge in [0.2, 0.25) is 0 Å². The minimum atomic E-state index is -0.716. The van der Waals surface area contributed by atoms with Crippen molar-refractivity contribution >= 4 is 12.0 Å². The highest BCUT2D eigenvalue weighted by Crippen LogP contribution is 2.45. The van der Waals surface area contributed by atoms with Crippen LogP contribution in [0.2, 0.25) is 0 Å². The van der Waals surface area contributed by atoms with Crippen molar-refractivity contribution < 1.29 is 28.5 Å². The topological polar surface area (TPSA) is 65.0 Å². The molecule has 1 N–H and O–H groups in total. The minimum absolute atomic E-state index is 0.0138. The molecule has 172 valence electrons. The first kappa shape index (κ1) is 23.8. The number of rotatable bonds is 8. The average Bonchev–Trinajstić information content (AvgIpc) is 2.73. The molecule has 0 spiro atoms. The van der Waals surface area contributed by atoms with E-state index in [-0.39, 0.29) is 18.2 Å². The summed E-state index contributed by atoms with van der Waals surface area (Å²) in [5.74, 6) is 0.642. The number of aliphatic hydroxyl groups excluding tert-OH is 1. The van der Waals surface area contributed by atoms with Crippen molar-refractivity contribution in [1.29, 1.82) is 0 Å². The largest absolute Gasteiger partial charge is 0.490 e. The molecule has 2 aromatic rings. The Bertz CT molecular complexity index is 965. The molecule has 1 saturated heterocycles. The van der Waals surface area contributed by atoms with Gasteiger partial charge in [-0.15, -0.1) is 0 Å². The van der Waals surface area contributed by atoms with Crippen LogP contribution in [0.5, 0.6) is 11.5 Å². The molecule has 0 bridgehead atoms. The fourth-order valence-electron chi connectivity index (χ4n) is 3.92. The maximum atomic E-state index is 13.7. The Morgan fingerprint density at radius 2 is 1.88 bits per heavy atom. The maximum Gasteiger partial charge on any atom is 0.309 e. The van der Waals surface area contributed by atoms with Crippen LogP contribution in [0.25, 0.3) is 17.2 Å². The van der Waals surface area contributed by atoms with E-state index in [0.717, 1.165) is 22.3 Å². The van der Waals surface area contributed by atoms with Gasteiger partial charge in [0.15, 0.2) is 11.5 Å². The zero-order valence-corrected chi connectivity index (χ0v) is 19.1.